The standard InChI is InChI=1S/C28H24F2N8/c29-19-6-7-23(30)35-27(19)36-24-13-17(8-11-33-24)26-34-21-15-31-14-18(16-3-1-4-16)25(21)28(37-26)38-12-9-20-22(38)5-2-10-32-20/h1,3-4,6-8,11,13-15,20,22,32H,2,5,9-10,12H2,(H,33,35,36). The molecule has 0 amide bonds. The average molecular weight is 511 g/mol. The molecule has 2 unspecified atom stereocenters. The van der Waals surface area contributed by atoms with Crippen molar-refractivity contribution in [2.45, 2.75) is 31.3 Å². The first kappa shape index (κ1) is 22.9. The highest BCUT2D eigenvalue weighted by atomic mass is 19.1. The van der Waals surface area contributed by atoms with Gasteiger partial charge in [-0.3, -0.25) is 4.98 Å². The van der Waals surface area contributed by atoms with Crippen LogP contribution >= 0.6 is 0 Å². The summed E-state index contributed by atoms with van der Waals surface area (Å²) in [6.07, 6.45) is 14.7. The third-order valence-electron chi connectivity index (χ3n) is 7.43. The molecule has 38 heavy (non-hydrogen) atoms. The van der Waals surface area contributed by atoms with E-state index in [4.69, 9.17) is 9.97 Å². The van der Waals surface area contributed by atoms with Crippen molar-refractivity contribution in [3.05, 3.63) is 78.4 Å². The van der Waals surface area contributed by atoms with Crippen molar-refractivity contribution in [2.24, 2.45) is 0 Å². The first-order chi connectivity index (χ1) is 18.6. The zero-order valence-corrected chi connectivity index (χ0v) is 20.4. The maximum atomic E-state index is 14.2. The number of hydrogen-bond acceptors (Lipinski definition) is 8. The van der Waals surface area contributed by atoms with Crippen molar-refractivity contribution >= 4 is 33.9 Å². The molecule has 2 N–H and O–H groups in total. The molecule has 4 aromatic heterocycles. The second-order valence-electron chi connectivity index (χ2n) is 9.70. The van der Waals surface area contributed by atoms with E-state index in [-0.39, 0.29) is 5.82 Å². The van der Waals surface area contributed by atoms with Gasteiger partial charge in [-0.25, -0.2) is 19.3 Å². The molecule has 8 nitrogen and oxygen atoms in total. The Morgan fingerprint density at radius 1 is 1.05 bits per heavy atom. The van der Waals surface area contributed by atoms with Crippen LogP contribution in [0.1, 0.15) is 24.8 Å². The van der Waals surface area contributed by atoms with E-state index in [0.29, 0.717) is 29.3 Å². The molecule has 190 valence electrons. The van der Waals surface area contributed by atoms with Crippen molar-refractivity contribution in [1.82, 2.24) is 30.2 Å². The van der Waals surface area contributed by atoms with Gasteiger partial charge in [-0.15, -0.1) is 0 Å². The number of piperidine rings is 1. The van der Waals surface area contributed by atoms with E-state index in [2.05, 4.69) is 42.6 Å². The molecule has 0 radical (unpaired) electrons. The summed E-state index contributed by atoms with van der Waals surface area (Å²) >= 11 is 0. The van der Waals surface area contributed by atoms with Crippen LogP contribution in [0.3, 0.4) is 0 Å². The Hall–Kier alpha value is -4.31. The van der Waals surface area contributed by atoms with Crippen molar-refractivity contribution in [1.29, 1.82) is 0 Å². The molecule has 10 heteroatoms. The van der Waals surface area contributed by atoms with Crippen LogP contribution in [0, 0.1) is 11.8 Å². The monoisotopic (exact) mass is 510 g/mol. The largest absolute Gasteiger partial charge is 0.351 e. The van der Waals surface area contributed by atoms with Crippen molar-refractivity contribution in [3.8, 4) is 11.4 Å². The Labute approximate surface area is 217 Å². The zero-order chi connectivity index (χ0) is 25.6. The van der Waals surface area contributed by atoms with Gasteiger partial charge in [-0.05, 0) is 55.6 Å². The van der Waals surface area contributed by atoms with E-state index in [1.807, 2.05) is 12.3 Å². The Bertz CT molecular complexity index is 1620. The first-order valence-electron chi connectivity index (χ1n) is 12.7. The van der Waals surface area contributed by atoms with Gasteiger partial charge in [0.25, 0.3) is 0 Å². The Balaban J connectivity index is 1.34. The van der Waals surface area contributed by atoms with Crippen molar-refractivity contribution in [3.63, 3.8) is 0 Å². The lowest BCUT2D eigenvalue weighted by Gasteiger charge is -2.34. The molecule has 1 aliphatic carbocycles. The first-order valence-corrected chi connectivity index (χ1v) is 12.7. The fourth-order valence-corrected chi connectivity index (χ4v) is 5.57. The number of halogens is 2. The number of nitrogens with one attached hydrogen (secondary N) is 2. The number of rotatable bonds is 5. The summed E-state index contributed by atoms with van der Waals surface area (Å²) in [6.45, 7) is 1.95. The summed E-state index contributed by atoms with van der Waals surface area (Å²) in [5.41, 5.74) is 3.56. The van der Waals surface area contributed by atoms with Crippen LogP contribution in [0.25, 0.3) is 27.9 Å². The Kier molecular flexibility index (Phi) is 5.54. The quantitative estimate of drug-likeness (QED) is 0.371. The number of anilines is 3. The van der Waals surface area contributed by atoms with Crippen molar-refractivity contribution < 1.29 is 8.78 Å². The van der Waals surface area contributed by atoms with Gasteiger partial charge in [0.15, 0.2) is 17.5 Å². The number of pyridine rings is 3. The fourth-order valence-electron chi connectivity index (χ4n) is 5.57. The van der Waals surface area contributed by atoms with Gasteiger partial charge in [0.1, 0.15) is 11.6 Å². The molecule has 2 saturated heterocycles. The summed E-state index contributed by atoms with van der Waals surface area (Å²) in [7, 11) is 0. The minimum Gasteiger partial charge on any atom is -0.351 e. The van der Waals surface area contributed by atoms with E-state index in [9.17, 15) is 8.78 Å². The van der Waals surface area contributed by atoms with Gasteiger partial charge >= 0.3 is 0 Å². The molecule has 4 aromatic rings. The lowest BCUT2D eigenvalue weighted by atomic mass is 9.96. The Morgan fingerprint density at radius 2 is 1.97 bits per heavy atom. The topological polar surface area (TPSA) is 91.8 Å². The molecule has 0 saturated carbocycles. The van der Waals surface area contributed by atoms with E-state index >= 15 is 0 Å². The molecule has 2 fully saturated rings. The average Bonchev–Trinajstić information content (AvgIpc) is 3.34. The van der Waals surface area contributed by atoms with E-state index < -0.39 is 11.8 Å². The maximum Gasteiger partial charge on any atom is 0.214 e. The number of allylic oxidation sites excluding steroid dienone is 4. The minimum absolute atomic E-state index is 0.238. The predicted molar refractivity (Wildman–Crippen MR) is 142 cm³/mol. The maximum absolute atomic E-state index is 14.2. The molecule has 0 bridgehead atoms. The van der Waals surface area contributed by atoms with Crippen molar-refractivity contribution in [2.75, 3.05) is 23.3 Å². The molecular formula is C28H24F2N8. The van der Waals surface area contributed by atoms with Gasteiger partial charge in [-0.1, -0.05) is 18.2 Å². The third-order valence-corrected chi connectivity index (χ3v) is 7.43. The van der Waals surface area contributed by atoms with E-state index in [1.165, 1.54) is 0 Å². The van der Waals surface area contributed by atoms with Gasteiger partial charge < -0.3 is 15.5 Å². The number of fused-ring (bicyclic) bond motifs is 2. The highest BCUT2D eigenvalue weighted by molar-refractivity contribution is 6.02. The van der Waals surface area contributed by atoms with Crippen LogP contribution in [0.4, 0.5) is 26.2 Å². The summed E-state index contributed by atoms with van der Waals surface area (Å²) in [4.78, 5) is 24.8. The third kappa shape index (κ3) is 3.97. The molecule has 2 atom stereocenters. The lowest BCUT2D eigenvalue weighted by Crippen LogP contribution is -2.47. The SMILES string of the molecule is Fc1ccc(F)c(Nc2cc(-c3nc(N4CCC5NCCCC54)c4c(C5=CC=C5)cncc4n3)ccn2)n1. The normalized spacial score (nSPS) is 20.3. The molecule has 7 rings (SSSR count). The highest BCUT2D eigenvalue weighted by Crippen LogP contribution is 2.39. The Morgan fingerprint density at radius 3 is 2.84 bits per heavy atom. The van der Waals surface area contributed by atoms with Gasteiger partial charge in [0.2, 0.25) is 5.95 Å². The van der Waals surface area contributed by atoms with Crippen LogP contribution in [-0.2, 0) is 0 Å². The smallest absolute Gasteiger partial charge is 0.214 e. The zero-order valence-electron chi connectivity index (χ0n) is 20.4. The van der Waals surface area contributed by atoms with Gasteiger partial charge in [-0.2, -0.15) is 9.37 Å². The van der Waals surface area contributed by atoms with Crippen LogP contribution in [0.15, 0.2) is 61.1 Å². The predicted octanol–water partition coefficient (Wildman–Crippen LogP) is 4.79. The second kappa shape index (κ2) is 9.21. The number of nitrogens with zero attached hydrogens (tertiary/aromatic N) is 6. The number of hydrogen-bond donors (Lipinski definition) is 2. The second-order valence-corrected chi connectivity index (χ2v) is 9.70. The summed E-state index contributed by atoms with van der Waals surface area (Å²) in [5.74, 6) is 0.00946. The molecular weight excluding hydrogens is 486 g/mol. The van der Waals surface area contributed by atoms with Crippen LogP contribution < -0.4 is 15.5 Å². The highest BCUT2D eigenvalue weighted by Gasteiger charge is 2.37. The summed E-state index contributed by atoms with van der Waals surface area (Å²) in [6, 6.07) is 6.30. The van der Waals surface area contributed by atoms with Crippen LogP contribution in [0.5, 0.6) is 0 Å². The van der Waals surface area contributed by atoms with E-state index in [0.717, 1.165) is 72.3 Å². The molecule has 3 aliphatic rings. The number of aromatic nitrogens is 5. The lowest BCUT2D eigenvalue weighted by molar-refractivity contribution is 0.382. The summed E-state index contributed by atoms with van der Waals surface area (Å²) < 4.78 is 27.8. The van der Waals surface area contributed by atoms with Crippen LogP contribution in [-0.4, -0.2) is 50.1 Å². The molecule has 2 aliphatic heterocycles. The van der Waals surface area contributed by atoms with Crippen LogP contribution in [0.2, 0.25) is 0 Å². The van der Waals surface area contributed by atoms with E-state index in [1.54, 1.807) is 24.5 Å². The molecule has 6 heterocycles. The summed E-state index contributed by atoms with van der Waals surface area (Å²) in [5, 5.41) is 7.43. The minimum atomic E-state index is -0.784. The molecule has 0 aromatic carbocycles. The molecule has 0 spiro atoms. The fraction of sp³-hybridized carbons (Fsp3) is 0.250. The van der Waals surface area contributed by atoms with Gasteiger partial charge in [0.05, 0.1) is 17.1 Å². The van der Waals surface area contributed by atoms with Gasteiger partial charge in [0, 0.05) is 42.1 Å².